The van der Waals surface area contributed by atoms with Crippen LogP contribution in [0.4, 0.5) is 11.6 Å². The van der Waals surface area contributed by atoms with E-state index in [0.29, 0.717) is 0 Å². The molecule has 0 amide bonds. The maximum absolute atomic E-state index is 5.68. The highest BCUT2D eigenvalue weighted by atomic mass is 16.3. The topological polar surface area (TPSA) is 50.3 Å². The van der Waals surface area contributed by atoms with Crippen molar-refractivity contribution in [2.24, 2.45) is 7.05 Å². The van der Waals surface area contributed by atoms with Crippen LogP contribution in [0.15, 0.2) is 46.9 Å². The van der Waals surface area contributed by atoms with Crippen molar-refractivity contribution in [1.29, 1.82) is 0 Å². The van der Waals surface area contributed by atoms with Gasteiger partial charge in [-0.1, -0.05) is 18.2 Å². The smallest absolute Gasteiger partial charge is 0.227 e. The van der Waals surface area contributed by atoms with Crippen molar-refractivity contribution in [3.05, 3.63) is 48.2 Å². The Morgan fingerprint density at radius 2 is 1.58 bits per heavy atom. The molecule has 124 valence electrons. The van der Waals surface area contributed by atoms with Crippen LogP contribution in [-0.2, 0) is 7.05 Å². The van der Waals surface area contributed by atoms with Crippen molar-refractivity contribution in [2.75, 3.05) is 36.0 Å². The lowest BCUT2D eigenvalue weighted by Crippen LogP contribution is -2.47. The summed E-state index contributed by atoms with van der Waals surface area (Å²) in [5, 5.41) is 8.70. The zero-order chi connectivity index (χ0) is 16.5. The number of hydrogen-bond donors (Lipinski definition) is 0. The Hall–Kier alpha value is -2.76. The van der Waals surface area contributed by atoms with Gasteiger partial charge in [0, 0.05) is 38.9 Å². The molecule has 1 saturated heterocycles. The molecule has 1 aliphatic heterocycles. The summed E-state index contributed by atoms with van der Waals surface area (Å²) in [5.74, 6) is 3.30. The second-order valence-corrected chi connectivity index (χ2v) is 6.10. The van der Waals surface area contributed by atoms with Gasteiger partial charge < -0.3 is 14.2 Å². The fraction of sp³-hybridized carbons (Fsp3) is 0.333. The highest BCUT2D eigenvalue weighted by molar-refractivity contribution is 5.53. The van der Waals surface area contributed by atoms with Crippen LogP contribution in [0.25, 0.3) is 11.6 Å². The summed E-state index contributed by atoms with van der Waals surface area (Å²) in [4.78, 5) is 4.69. The lowest BCUT2D eigenvalue weighted by atomic mass is 10.2. The van der Waals surface area contributed by atoms with Crippen molar-refractivity contribution in [2.45, 2.75) is 6.92 Å². The molecule has 24 heavy (non-hydrogen) atoms. The van der Waals surface area contributed by atoms with Gasteiger partial charge in [0.15, 0.2) is 5.76 Å². The van der Waals surface area contributed by atoms with Crippen LogP contribution in [0, 0.1) is 6.92 Å². The monoisotopic (exact) mass is 323 g/mol. The first kappa shape index (κ1) is 14.8. The average Bonchev–Trinajstić information content (AvgIpc) is 3.21. The summed E-state index contributed by atoms with van der Waals surface area (Å²) < 4.78 is 7.69. The number of rotatable bonds is 3. The zero-order valence-electron chi connectivity index (χ0n) is 14.0. The van der Waals surface area contributed by atoms with E-state index >= 15 is 0 Å². The van der Waals surface area contributed by atoms with Crippen molar-refractivity contribution in [1.82, 2.24) is 14.8 Å². The Labute approximate surface area is 141 Å². The number of aromatic nitrogens is 3. The maximum Gasteiger partial charge on any atom is 0.227 e. The number of hydrogen-bond acceptors (Lipinski definition) is 5. The van der Waals surface area contributed by atoms with Gasteiger partial charge in [0.2, 0.25) is 11.8 Å². The Balaban J connectivity index is 1.49. The van der Waals surface area contributed by atoms with E-state index in [-0.39, 0.29) is 0 Å². The van der Waals surface area contributed by atoms with Gasteiger partial charge in [-0.15, -0.1) is 10.2 Å². The molecule has 0 spiro atoms. The lowest BCUT2D eigenvalue weighted by molar-refractivity contribution is 0.541. The number of nitrogens with zero attached hydrogens (tertiary/aromatic N) is 5. The van der Waals surface area contributed by atoms with E-state index in [0.717, 1.165) is 49.5 Å². The number of anilines is 2. The molecule has 4 rings (SSSR count). The first-order valence-electron chi connectivity index (χ1n) is 8.23. The molecule has 0 saturated carbocycles. The molecular weight excluding hydrogens is 302 g/mol. The standard InChI is InChI=1S/C18H21N5O/c1-14-8-9-16(24-14)17-19-20-18(21(17)2)23-12-10-22(11-13-23)15-6-4-3-5-7-15/h3-9H,10-13H2,1-2H3. The summed E-state index contributed by atoms with van der Waals surface area (Å²) >= 11 is 0. The van der Waals surface area contributed by atoms with E-state index in [2.05, 4.69) is 50.3 Å². The molecule has 0 aliphatic carbocycles. The Kier molecular flexibility index (Phi) is 3.72. The summed E-state index contributed by atoms with van der Waals surface area (Å²) in [5.41, 5.74) is 1.28. The minimum Gasteiger partial charge on any atom is -0.458 e. The molecule has 3 heterocycles. The van der Waals surface area contributed by atoms with Gasteiger partial charge in [0.25, 0.3) is 0 Å². The second-order valence-electron chi connectivity index (χ2n) is 6.10. The third-order valence-electron chi connectivity index (χ3n) is 4.50. The summed E-state index contributed by atoms with van der Waals surface area (Å²) in [7, 11) is 1.99. The largest absolute Gasteiger partial charge is 0.458 e. The first-order chi connectivity index (χ1) is 11.7. The predicted molar refractivity (Wildman–Crippen MR) is 94.3 cm³/mol. The Bertz CT molecular complexity index is 815. The van der Waals surface area contributed by atoms with E-state index in [1.807, 2.05) is 30.7 Å². The fourth-order valence-electron chi connectivity index (χ4n) is 3.17. The molecule has 2 aromatic heterocycles. The molecule has 6 nitrogen and oxygen atoms in total. The molecular formula is C18H21N5O. The van der Waals surface area contributed by atoms with Gasteiger partial charge in [-0.3, -0.25) is 4.57 Å². The van der Waals surface area contributed by atoms with Gasteiger partial charge in [-0.25, -0.2) is 0 Å². The van der Waals surface area contributed by atoms with Crippen molar-refractivity contribution < 1.29 is 4.42 Å². The summed E-state index contributed by atoms with van der Waals surface area (Å²) in [6.45, 7) is 5.75. The molecule has 0 N–H and O–H groups in total. The fourth-order valence-corrected chi connectivity index (χ4v) is 3.17. The highest BCUT2D eigenvalue weighted by Crippen LogP contribution is 2.24. The summed E-state index contributed by atoms with van der Waals surface area (Å²) in [6.07, 6.45) is 0. The minimum atomic E-state index is 0.761. The van der Waals surface area contributed by atoms with Crippen molar-refractivity contribution >= 4 is 11.6 Å². The number of aryl methyl sites for hydroxylation is 1. The predicted octanol–water partition coefficient (Wildman–Crippen LogP) is 2.71. The molecule has 1 aliphatic rings. The number of para-hydroxylation sites is 1. The lowest BCUT2D eigenvalue weighted by Gasteiger charge is -2.36. The molecule has 1 aromatic carbocycles. The van der Waals surface area contributed by atoms with Crippen LogP contribution < -0.4 is 9.80 Å². The van der Waals surface area contributed by atoms with Crippen LogP contribution in [-0.4, -0.2) is 40.9 Å². The molecule has 6 heteroatoms. The van der Waals surface area contributed by atoms with Gasteiger partial charge in [-0.05, 0) is 31.2 Å². The quantitative estimate of drug-likeness (QED) is 0.742. The van der Waals surface area contributed by atoms with Gasteiger partial charge >= 0.3 is 0 Å². The average molecular weight is 323 g/mol. The maximum atomic E-state index is 5.68. The molecule has 0 radical (unpaired) electrons. The van der Waals surface area contributed by atoms with Crippen molar-refractivity contribution in [3.63, 3.8) is 0 Å². The van der Waals surface area contributed by atoms with E-state index in [1.54, 1.807) is 0 Å². The first-order valence-corrected chi connectivity index (χ1v) is 8.23. The Morgan fingerprint density at radius 1 is 0.875 bits per heavy atom. The van der Waals surface area contributed by atoms with Gasteiger partial charge in [0.1, 0.15) is 5.76 Å². The SMILES string of the molecule is Cc1ccc(-c2nnc(N3CCN(c4ccccc4)CC3)n2C)o1. The highest BCUT2D eigenvalue weighted by Gasteiger charge is 2.23. The van der Waals surface area contributed by atoms with Crippen LogP contribution in [0.5, 0.6) is 0 Å². The van der Waals surface area contributed by atoms with Gasteiger partial charge in [0.05, 0.1) is 0 Å². The molecule has 1 fully saturated rings. The normalized spacial score (nSPS) is 15.1. The minimum absolute atomic E-state index is 0.761. The van der Waals surface area contributed by atoms with Crippen molar-refractivity contribution in [3.8, 4) is 11.6 Å². The van der Waals surface area contributed by atoms with Crippen LogP contribution >= 0.6 is 0 Å². The van der Waals surface area contributed by atoms with Gasteiger partial charge in [-0.2, -0.15) is 0 Å². The van der Waals surface area contributed by atoms with E-state index in [1.165, 1.54) is 5.69 Å². The zero-order valence-corrected chi connectivity index (χ0v) is 14.0. The summed E-state index contributed by atoms with van der Waals surface area (Å²) in [6, 6.07) is 14.4. The number of benzene rings is 1. The molecule has 0 bridgehead atoms. The van der Waals surface area contributed by atoms with Crippen LogP contribution in [0.3, 0.4) is 0 Å². The van der Waals surface area contributed by atoms with Crippen LogP contribution in [0.1, 0.15) is 5.76 Å². The van der Waals surface area contributed by atoms with E-state index < -0.39 is 0 Å². The molecule has 0 atom stereocenters. The second kappa shape index (κ2) is 6.03. The third-order valence-corrected chi connectivity index (χ3v) is 4.50. The molecule has 0 unspecified atom stereocenters. The Morgan fingerprint density at radius 3 is 2.25 bits per heavy atom. The van der Waals surface area contributed by atoms with E-state index in [4.69, 9.17) is 4.42 Å². The molecule has 3 aromatic rings. The third kappa shape index (κ3) is 2.64. The van der Waals surface area contributed by atoms with Crippen LogP contribution in [0.2, 0.25) is 0 Å². The number of piperazine rings is 1. The number of furan rings is 1. The van der Waals surface area contributed by atoms with E-state index in [9.17, 15) is 0 Å².